The van der Waals surface area contributed by atoms with Crippen molar-refractivity contribution in [2.45, 2.75) is 53.6 Å². The second-order valence-corrected chi connectivity index (χ2v) is 7.31. The summed E-state index contributed by atoms with van der Waals surface area (Å²) >= 11 is 0. The number of esters is 1. The highest BCUT2D eigenvalue weighted by atomic mass is 16.6. The predicted octanol–water partition coefficient (Wildman–Crippen LogP) is 4.75. The molecule has 0 aliphatic carbocycles. The molecule has 27 heavy (non-hydrogen) atoms. The highest BCUT2D eigenvalue weighted by molar-refractivity contribution is 5.88. The van der Waals surface area contributed by atoms with Gasteiger partial charge in [-0.3, -0.25) is 10.1 Å². The molecule has 0 bridgehead atoms. The third-order valence-electron chi connectivity index (χ3n) is 3.93. The predicted molar refractivity (Wildman–Crippen MR) is 100 cm³/mol. The Morgan fingerprint density at radius 2 is 1.93 bits per heavy atom. The van der Waals surface area contributed by atoms with Gasteiger partial charge in [-0.2, -0.15) is 0 Å². The van der Waals surface area contributed by atoms with Crippen LogP contribution >= 0.6 is 0 Å². The molecule has 0 atom stereocenters. The van der Waals surface area contributed by atoms with E-state index in [0.29, 0.717) is 17.5 Å². The molecule has 1 aromatic heterocycles. The SMILES string of the molecule is CCOC(=O)c1oc(OC(C)(C)C)c(Cc2ccc([N+](=O)[O-])c(C)c2)c1C. The van der Waals surface area contributed by atoms with Crippen LogP contribution in [0, 0.1) is 24.0 Å². The van der Waals surface area contributed by atoms with Crippen LogP contribution in [0.3, 0.4) is 0 Å². The fourth-order valence-corrected chi connectivity index (χ4v) is 2.71. The standard InChI is InChI=1S/C20H25NO6/c1-7-25-18(22)17-13(3)15(19(26-17)27-20(4,5)6)11-14-8-9-16(21(23)24)12(2)10-14/h8-10H,7,11H2,1-6H3. The van der Waals surface area contributed by atoms with Gasteiger partial charge in [-0.05, 0) is 53.2 Å². The van der Waals surface area contributed by atoms with Crippen molar-refractivity contribution in [3.05, 3.63) is 56.3 Å². The van der Waals surface area contributed by atoms with Crippen LogP contribution in [0.1, 0.15) is 60.5 Å². The molecule has 1 heterocycles. The largest absolute Gasteiger partial charge is 0.460 e. The van der Waals surface area contributed by atoms with Crippen LogP contribution in [0.25, 0.3) is 0 Å². The molecule has 0 aliphatic rings. The van der Waals surface area contributed by atoms with Crippen LogP contribution in [0.2, 0.25) is 0 Å². The molecule has 0 saturated heterocycles. The summed E-state index contributed by atoms with van der Waals surface area (Å²) in [5.41, 5.74) is 2.35. The summed E-state index contributed by atoms with van der Waals surface area (Å²) < 4.78 is 16.7. The van der Waals surface area contributed by atoms with E-state index in [1.165, 1.54) is 6.07 Å². The molecule has 2 aromatic rings. The minimum absolute atomic E-state index is 0.0704. The summed E-state index contributed by atoms with van der Waals surface area (Å²) in [4.78, 5) is 22.8. The number of furan rings is 1. The summed E-state index contributed by atoms with van der Waals surface area (Å²) in [5, 5.41) is 11.0. The van der Waals surface area contributed by atoms with E-state index in [1.54, 1.807) is 32.9 Å². The Morgan fingerprint density at radius 1 is 1.26 bits per heavy atom. The number of rotatable bonds is 6. The molecule has 1 aromatic carbocycles. The van der Waals surface area contributed by atoms with Crippen molar-refractivity contribution in [3.63, 3.8) is 0 Å². The zero-order chi connectivity index (χ0) is 20.4. The quantitative estimate of drug-likeness (QED) is 0.411. The van der Waals surface area contributed by atoms with Gasteiger partial charge in [0.1, 0.15) is 5.60 Å². The van der Waals surface area contributed by atoms with Crippen LogP contribution in [0.5, 0.6) is 5.95 Å². The van der Waals surface area contributed by atoms with Gasteiger partial charge in [0.2, 0.25) is 5.76 Å². The smallest absolute Gasteiger partial charge is 0.374 e. The van der Waals surface area contributed by atoms with Crippen molar-refractivity contribution in [3.8, 4) is 5.95 Å². The van der Waals surface area contributed by atoms with Crippen LogP contribution in [-0.2, 0) is 11.2 Å². The summed E-state index contributed by atoms with van der Waals surface area (Å²) in [6.07, 6.45) is 0.416. The van der Waals surface area contributed by atoms with Gasteiger partial charge < -0.3 is 13.9 Å². The number of nitro groups is 1. The number of hydrogen-bond acceptors (Lipinski definition) is 6. The average Bonchev–Trinajstić information content (AvgIpc) is 2.82. The fraction of sp³-hybridized carbons (Fsp3) is 0.450. The maximum Gasteiger partial charge on any atom is 0.374 e. The van der Waals surface area contributed by atoms with Crippen molar-refractivity contribution in [1.29, 1.82) is 0 Å². The lowest BCUT2D eigenvalue weighted by molar-refractivity contribution is -0.385. The summed E-state index contributed by atoms with van der Waals surface area (Å²) in [7, 11) is 0. The van der Waals surface area contributed by atoms with E-state index in [2.05, 4.69) is 0 Å². The molecule has 2 rings (SSSR count). The Bertz CT molecular complexity index is 860. The maximum absolute atomic E-state index is 12.2. The fourth-order valence-electron chi connectivity index (χ4n) is 2.71. The van der Waals surface area contributed by atoms with Crippen molar-refractivity contribution in [1.82, 2.24) is 0 Å². The molecule has 0 N–H and O–H groups in total. The first-order chi connectivity index (χ1) is 12.5. The molecule has 0 fully saturated rings. The van der Waals surface area contributed by atoms with Crippen LogP contribution in [0.15, 0.2) is 22.6 Å². The monoisotopic (exact) mass is 375 g/mol. The van der Waals surface area contributed by atoms with Gasteiger partial charge in [0.25, 0.3) is 11.6 Å². The molecule has 0 amide bonds. The topological polar surface area (TPSA) is 91.8 Å². The van der Waals surface area contributed by atoms with E-state index < -0.39 is 16.5 Å². The highest BCUT2D eigenvalue weighted by Gasteiger charge is 2.27. The molecular weight excluding hydrogens is 350 g/mol. The second kappa shape index (κ2) is 7.82. The van der Waals surface area contributed by atoms with Crippen LogP contribution in [0.4, 0.5) is 5.69 Å². The van der Waals surface area contributed by atoms with Gasteiger partial charge in [0.15, 0.2) is 0 Å². The molecule has 7 heteroatoms. The minimum Gasteiger partial charge on any atom is -0.460 e. The van der Waals surface area contributed by atoms with Gasteiger partial charge >= 0.3 is 5.97 Å². The van der Waals surface area contributed by atoms with Gasteiger partial charge in [0, 0.05) is 29.2 Å². The Hall–Kier alpha value is -2.83. The van der Waals surface area contributed by atoms with Crippen molar-refractivity contribution >= 4 is 11.7 Å². The Labute approximate surface area is 158 Å². The maximum atomic E-state index is 12.2. The molecule has 7 nitrogen and oxygen atoms in total. The Balaban J connectivity index is 2.46. The first kappa shape index (κ1) is 20.5. The number of aryl methyl sites for hydroxylation is 1. The zero-order valence-electron chi connectivity index (χ0n) is 16.5. The molecule has 0 aliphatic heterocycles. The van der Waals surface area contributed by atoms with Gasteiger partial charge in [-0.25, -0.2) is 4.79 Å². The molecular formula is C20H25NO6. The van der Waals surface area contributed by atoms with E-state index in [9.17, 15) is 14.9 Å². The Kier molecular flexibility index (Phi) is 5.93. The second-order valence-electron chi connectivity index (χ2n) is 7.31. The van der Waals surface area contributed by atoms with Gasteiger partial charge in [-0.1, -0.05) is 6.07 Å². The molecule has 146 valence electrons. The summed E-state index contributed by atoms with van der Waals surface area (Å²) in [5.74, 6) is -0.163. The number of nitro benzene ring substituents is 1. The molecule has 0 spiro atoms. The van der Waals surface area contributed by atoms with Gasteiger partial charge in [0.05, 0.1) is 11.5 Å². The first-order valence-corrected chi connectivity index (χ1v) is 8.75. The number of carbonyl (C=O) groups excluding carboxylic acids is 1. The number of hydrogen-bond donors (Lipinski definition) is 0. The zero-order valence-corrected chi connectivity index (χ0v) is 16.5. The Morgan fingerprint density at radius 3 is 2.44 bits per heavy atom. The van der Waals surface area contributed by atoms with Gasteiger partial charge in [-0.15, -0.1) is 0 Å². The van der Waals surface area contributed by atoms with E-state index in [0.717, 1.165) is 11.1 Å². The number of ether oxygens (including phenoxy) is 2. The lowest BCUT2D eigenvalue weighted by Crippen LogP contribution is -2.23. The van der Waals surface area contributed by atoms with E-state index in [-0.39, 0.29) is 24.0 Å². The van der Waals surface area contributed by atoms with Crippen molar-refractivity contribution < 1.29 is 23.6 Å². The molecule has 0 unspecified atom stereocenters. The van der Waals surface area contributed by atoms with Crippen LogP contribution in [-0.4, -0.2) is 23.1 Å². The van der Waals surface area contributed by atoms with E-state index in [4.69, 9.17) is 13.9 Å². The summed E-state index contributed by atoms with van der Waals surface area (Å²) in [6.45, 7) is 11.1. The number of carbonyl (C=O) groups is 1. The summed E-state index contributed by atoms with van der Waals surface area (Å²) in [6, 6.07) is 4.94. The first-order valence-electron chi connectivity index (χ1n) is 8.75. The number of nitrogens with zero attached hydrogens (tertiary/aromatic N) is 1. The molecule has 0 saturated carbocycles. The molecule has 0 radical (unpaired) electrons. The van der Waals surface area contributed by atoms with E-state index >= 15 is 0 Å². The van der Waals surface area contributed by atoms with E-state index in [1.807, 2.05) is 20.8 Å². The average molecular weight is 375 g/mol. The van der Waals surface area contributed by atoms with Crippen molar-refractivity contribution in [2.24, 2.45) is 0 Å². The minimum atomic E-state index is -0.542. The van der Waals surface area contributed by atoms with Crippen molar-refractivity contribution in [2.75, 3.05) is 6.61 Å². The lowest BCUT2D eigenvalue weighted by atomic mass is 10.0. The highest BCUT2D eigenvalue weighted by Crippen LogP contribution is 2.34. The normalized spacial score (nSPS) is 11.3. The lowest BCUT2D eigenvalue weighted by Gasteiger charge is -2.20. The third kappa shape index (κ3) is 4.87. The van der Waals surface area contributed by atoms with Crippen LogP contribution < -0.4 is 4.74 Å². The number of benzene rings is 1. The third-order valence-corrected chi connectivity index (χ3v) is 3.93.